The summed E-state index contributed by atoms with van der Waals surface area (Å²) in [5.41, 5.74) is 3.71. The van der Waals surface area contributed by atoms with Crippen LogP contribution in [0.4, 0.5) is 10.1 Å². The summed E-state index contributed by atoms with van der Waals surface area (Å²) < 4.78 is 12.6. The molecule has 16 heavy (non-hydrogen) atoms. The molecule has 3 heteroatoms. The van der Waals surface area contributed by atoms with Crippen molar-refractivity contribution >= 4 is 11.9 Å². The third-order valence-corrected chi connectivity index (χ3v) is 2.63. The molecular formula is C13H15FN2. The first-order valence-corrected chi connectivity index (χ1v) is 5.54. The van der Waals surface area contributed by atoms with E-state index in [4.69, 9.17) is 0 Å². The largest absolute Gasteiger partial charge is 0.279 e. The lowest BCUT2D eigenvalue weighted by Gasteiger charge is -2.11. The van der Waals surface area contributed by atoms with Gasteiger partial charge in [0.05, 0.1) is 5.69 Å². The number of hydrazone groups is 1. The van der Waals surface area contributed by atoms with E-state index in [9.17, 15) is 4.39 Å². The van der Waals surface area contributed by atoms with E-state index < -0.39 is 0 Å². The van der Waals surface area contributed by atoms with Gasteiger partial charge in [-0.1, -0.05) is 12.2 Å². The number of rotatable bonds is 3. The first kappa shape index (κ1) is 10.9. The van der Waals surface area contributed by atoms with Gasteiger partial charge >= 0.3 is 0 Å². The first-order chi connectivity index (χ1) is 7.84. The molecule has 0 aliphatic heterocycles. The number of nitrogens with zero attached hydrogens (tertiary/aromatic N) is 1. The summed E-state index contributed by atoms with van der Waals surface area (Å²) in [6.45, 7) is 0. The lowest BCUT2D eigenvalue weighted by atomic mass is 9.96. The van der Waals surface area contributed by atoms with Gasteiger partial charge in [-0.15, -0.1) is 0 Å². The second-order valence-corrected chi connectivity index (χ2v) is 3.94. The molecule has 0 aromatic heterocycles. The molecule has 1 aliphatic carbocycles. The lowest BCUT2D eigenvalue weighted by molar-refractivity contribution is 0.626. The molecule has 0 radical (unpaired) electrons. The minimum atomic E-state index is -0.230. The van der Waals surface area contributed by atoms with Crippen molar-refractivity contribution in [1.82, 2.24) is 0 Å². The van der Waals surface area contributed by atoms with Crippen LogP contribution in [-0.2, 0) is 0 Å². The molecular weight excluding hydrogens is 203 g/mol. The fourth-order valence-corrected chi connectivity index (χ4v) is 1.69. The Hall–Kier alpha value is -1.64. The highest BCUT2D eigenvalue weighted by Gasteiger charge is 2.05. The molecule has 1 N–H and O–H groups in total. The Morgan fingerprint density at radius 1 is 1.25 bits per heavy atom. The Balaban J connectivity index is 1.84. The van der Waals surface area contributed by atoms with Crippen LogP contribution >= 0.6 is 0 Å². The molecule has 0 saturated carbocycles. The molecule has 0 spiro atoms. The maximum atomic E-state index is 12.6. The fraction of sp³-hybridized carbons (Fsp3) is 0.308. The van der Waals surface area contributed by atoms with Crippen LogP contribution in [0.5, 0.6) is 0 Å². The Morgan fingerprint density at radius 3 is 2.75 bits per heavy atom. The summed E-state index contributed by atoms with van der Waals surface area (Å²) in [6, 6.07) is 6.18. The summed E-state index contributed by atoms with van der Waals surface area (Å²) in [7, 11) is 0. The fourth-order valence-electron chi connectivity index (χ4n) is 1.69. The third kappa shape index (κ3) is 3.19. The third-order valence-electron chi connectivity index (χ3n) is 2.63. The zero-order valence-electron chi connectivity index (χ0n) is 9.07. The van der Waals surface area contributed by atoms with Crippen molar-refractivity contribution in [1.29, 1.82) is 0 Å². The molecule has 2 nitrogen and oxygen atoms in total. The maximum absolute atomic E-state index is 12.6. The van der Waals surface area contributed by atoms with E-state index >= 15 is 0 Å². The molecule has 0 saturated heterocycles. The van der Waals surface area contributed by atoms with Crippen LogP contribution in [0.15, 0.2) is 41.5 Å². The summed E-state index contributed by atoms with van der Waals surface area (Å²) in [5, 5.41) is 4.16. The van der Waals surface area contributed by atoms with E-state index in [1.54, 1.807) is 12.1 Å². The monoisotopic (exact) mass is 218 g/mol. The van der Waals surface area contributed by atoms with E-state index in [0.717, 1.165) is 24.9 Å². The molecule has 0 amide bonds. The van der Waals surface area contributed by atoms with Gasteiger partial charge in [-0.05, 0) is 49.4 Å². The zero-order valence-corrected chi connectivity index (χ0v) is 9.07. The molecule has 1 aromatic rings. The van der Waals surface area contributed by atoms with Crippen molar-refractivity contribution in [2.75, 3.05) is 5.43 Å². The average Bonchev–Trinajstić information content (AvgIpc) is 2.33. The van der Waals surface area contributed by atoms with Gasteiger partial charge in [-0.25, -0.2) is 4.39 Å². The van der Waals surface area contributed by atoms with E-state index in [-0.39, 0.29) is 5.82 Å². The van der Waals surface area contributed by atoms with E-state index in [1.165, 1.54) is 12.1 Å². The summed E-state index contributed by atoms with van der Waals surface area (Å²) >= 11 is 0. The van der Waals surface area contributed by atoms with Gasteiger partial charge in [0.2, 0.25) is 0 Å². The quantitative estimate of drug-likeness (QED) is 0.468. The van der Waals surface area contributed by atoms with Crippen molar-refractivity contribution in [3.63, 3.8) is 0 Å². The van der Waals surface area contributed by atoms with Crippen LogP contribution in [-0.4, -0.2) is 6.21 Å². The smallest absolute Gasteiger partial charge is 0.123 e. The Kier molecular flexibility index (Phi) is 3.70. The minimum Gasteiger partial charge on any atom is -0.279 e. The van der Waals surface area contributed by atoms with Crippen LogP contribution in [0.3, 0.4) is 0 Å². The maximum Gasteiger partial charge on any atom is 0.123 e. The molecule has 1 aromatic carbocycles. The number of hydrogen-bond acceptors (Lipinski definition) is 2. The molecule has 0 heterocycles. The van der Waals surface area contributed by atoms with Gasteiger partial charge < -0.3 is 0 Å². The summed E-state index contributed by atoms with van der Waals surface area (Å²) in [4.78, 5) is 0. The van der Waals surface area contributed by atoms with Gasteiger partial charge in [0.15, 0.2) is 0 Å². The Bertz CT molecular complexity index is 381. The topological polar surface area (TPSA) is 24.4 Å². The summed E-state index contributed by atoms with van der Waals surface area (Å²) in [5.74, 6) is 0.296. The molecule has 1 unspecified atom stereocenters. The number of allylic oxidation sites excluding steroid dienone is 2. The number of anilines is 1. The highest BCUT2D eigenvalue weighted by atomic mass is 19.1. The van der Waals surface area contributed by atoms with Crippen molar-refractivity contribution in [3.8, 4) is 0 Å². The molecule has 1 aliphatic rings. The molecule has 0 fully saturated rings. The number of hydrogen-bond donors (Lipinski definition) is 1. The van der Waals surface area contributed by atoms with Gasteiger partial charge in [0.1, 0.15) is 5.82 Å². The van der Waals surface area contributed by atoms with Crippen LogP contribution in [0.25, 0.3) is 0 Å². The van der Waals surface area contributed by atoms with Gasteiger partial charge in [0.25, 0.3) is 0 Å². The predicted octanol–water partition coefficient (Wildman–Crippen LogP) is 3.58. The number of benzene rings is 1. The van der Waals surface area contributed by atoms with E-state index in [0.29, 0.717) is 5.92 Å². The van der Waals surface area contributed by atoms with Crippen molar-refractivity contribution in [2.24, 2.45) is 11.0 Å². The van der Waals surface area contributed by atoms with Crippen LogP contribution < -0.4 is 5.43 Å². The second kappa shape index (κ2) is 5.45. The Labute approximate surface area is 94.9 Å². The highest BCUT2D eigenvalue weighted by Crippen LogP contribution is 2.16. The number of halogens is 1. The minimum absolute atomic E-state index is 0.230. The normalized spacial score (nSPS) is 20.2. The summed E-state index contributed by atoms with van der Waals surface area (Å²) in [6.07, 6.45) is 9.69. The average molecular weight is 218 g/mol. The van der Waals surface area contributed by atoms with Crippen molar-refractivity contribution in [2.45, 2.75) is 19.3 Å². The molecule has 2 rings (SSSR count). The Morgan fingerprint density at radius 2 is 2.06 bits per heavy atom. The van der Waals surface area contributed by atoms with Crippen LogP contribution in [0, 0.1) is 11.7 Å². The molecule has 0 bridgehead atoms. The second-order valence-electron chi connectivity index (χ2n) is 3.94. The first-order valence-electron chi connectivity index (χ1n) is 5.54. The zero-order chi connectivity index (χ0) is 11.2. The molecule has 1 atom stereocenters. The van der Waals surface area contributed by atoms with E-state index in [2.05, 4.69) is 22.7 Å². The van der Waals surface area contributed by atoms with Crippen LogP contribution in [0.2, 0.25) is 0 Å². The van der Waals surface area contributed by atoms with Crippen molar-refractivity contribution < 1.29 is 4.39 Å². The highest BCUT2D eigenvalue weighted by molar-refractivity contribution is 5.63. The predicted molar refractivity (Wildman–Crippen MR) is 65.0 cm³/mol. The van der Waals surface area contributed by atoms with Gasteiger partial charge in [0, 0.05) is 6.21 Å². The van der Waals surface area contributed by atoms with E-state index in [1.807, 2.05) is 6.21 Å². The lowest BCUT2D eigenvalue weighted by Crippen LogP contribution is -2.05. The number of nitrogens with one attached hydrogen (secondary N) is 1. The standard InChI is InChI=1S/C13H15FN2/c14-12-6-8-13(9-7-12)16-15-10-11-4-2-1-3-5-11/h1-2,6-11,16H,3-5H2. The SMILES string of the molecule is Fc1ccc(NN=CC2CC=CCC2)cc1. The van der Waals surface area contributed by atoms with Crippen LogP contribution in [0.1, 0.15) is 19.3 Å². The molecule has 84 valence electrons. The van der Waals surface area contributed by atoms with Gasteiger partial charge in [-0.3, -0.25) is 5.43 Å². The van der Waals surface area contributed by atoms with Gasteiger partial charge in [-0.2, -0.15) is 5.10 Å². The van der Waals surface area contributed by atoms with Crippen molar-refractivity contribution in [3.05, 3.63) is 42.2 Å².